The molecular weight excluding hydrogens is 144 g/mol. The van der Waals surface area contributed by atoms with Crippen LogP contribution in [0.4, 0.5) is 0 Å². The summed E-state index contributed by atoms with van der Waals surface area (Å²) in [5, 5.41) is 0. The minimum absolute atomic E-state index is 0.226. The molecule has 0 aromatic rings. The summed E-state index contributed by atoms with van der Waals surface area (Å²) < 4.78 is 5.62. The van der Waals surface area contributed by atoms with Crippen LogP contribution in [0, 0.1) is 0 Å². The zero-order chi connectivity index (χ0) is 7.40. The Kier molecular flexibility index (Phi) is 3.29. The van der Waals surface area contributed by atoms with Gasteiger partial charge in [-0.3, -0.25) is 0 Å². The molecule has 0 N–H and O–H groups in total. The zero-order valence-corrected chi connectivity index (χ0v) is 7.19. The van der Waals surface area contributed by atoms with Crippen LogP contribution in [0.5, 0.6) is 0 Å². The normalized spacial score (nSPS) is 28.3. The Morgan fingerprint density at radius 1 is 1.80 bits per heavy atom. The Hall–Kier alpha value is 0.0500. The molecule has 0 amide bonds. The van der Waals surface area contributed by atoms with Gasteiger partial charge in [0.2, 0.25) is 0 Å². The van der Waals surface area contributed by atoms with Gasteiger partial charge >= 0.3 is 0 Å². The summed E-state index contributed by atoms with van der Waals surface area (Å²) in [5.74, 6) is 2.42. The Morgan fingerprint density at radius 3 is 3.10 bits per heavy atom. The molecule has 1 rings (SSSR count). The van der Waals surface area contributed by atoms with E-state index in [1.807, 2.05) is 24.8 Å². The van der Waals surface area contributed by atoms with E-state index in [1.165, 1.54) is 12.2 Å². The standard InChI is InChI=1S/C8H14OS/c1-3-7(2)9-8-4-5-10-6-8/h3,7-8H,1,4-6H2,2H3. The second-order valence-corrected chi connectivity index (χ2v) is 3.71. The maximum absolute atomic E-state index is 5.62. The minimum Gasteiger partial charge on any atom is -0.370 e. The summed E-state index contributed by atoms with van der Waals surface area (Å²) in [4.78, 5) is 0. The summed E-state index contributed by atoms with van der Waals surface area (Å²) >= 11 is 1.98. The van der Waals surface area contributed by atoms with E-state index in [2.05, 4.69) is 6.58 Å². The van der Waals surface area contributed by atoms with E-state index < -0.39 is 0 Å². The van der Waals surface area contributed by atoms with Gasteiger partial charge in [-0.25, -0.2) is 0 Å². The molecule has 2 atom stereocenters. The Bertz CT molecular complexity index is 108. The molecule has 2 unspecified atom stereocenters. The number of hydrogen-bond acceptors (Lipinski definition) is 2. The summed E-state index contributed by atoms with van der Waals surface area (Å²) in [5.41, 5.74) is 0. The van der Waals surface area contributed by atoms with E-state index in [4.69, 9.17) is 4.74 Å². The molecule has 1 nitrogen and oxygen atoms in total. The Balaban J connectivity index is 2.17. The van der Waals surface area contributed by atoms with Crippen molar-refractivity contribution in [3.05, 3.63) is 12.7 Å². The Morgan fingerprint density at radius 2 is 2.60 bits per heavy atom. The molecule has 1 fully saturated rings. The van der Waals surface area contributed by atoms with Crippen LogP contribution in [-0.4, -0.2) is 23.7 Å². The molecular formula is C8H14OS. The van der Waals surface area contributed by atoms with Crippen LogP contribution in [0.15, 0.2) is 12.7 Å². The Labute approximate surface area is 66.8 Å². The van der Waals surface area contributed by atoms with Crippen LogP contribution < -0.4 is 0 Å². The van der Waals surface area contributed by atoms with Crippen LogP contribution >= 0.6 is 11.8 Å². The highest BCUT2D eigenvalue weighted by atomic mass is 32.2. The molecule has 0 aliphatic carbocycles. The predicted octanol–water partition coefficient (Wildman–Crippen LogP) is 2.08. The van der Waals surface area contributed by atoms with Crippen LogP contribution in [0.3, 0.4) is 0 Å². The monoisotopic (exact) mass is 158 g/mol. The average Bonchev–Trinajstić information content (AvgIpc) is 2.40. The van der Waals surface area contributed by atoms with Crippen molar-refractivity contribution in [1.82, 2.24) is 0 Å². The maximum Gasteiger partial charge on any atom is 0.0729 e. The first kappa shape index (κ1) is 8.15. The second kappa shape index (κ2) is 4.04. The molecule has 10 heavy (non-hydrogen) atoms. The minimum atomic E-state index is 0.226. The highest BCUT2D eigenvalue weighted by Gasteiger charge is 2.16. The van der Waals surface area contributed by atoms with Gasteiger partial charge in [-0.05, 0) is 19.1 Å². The molecule has 0 bridgehead atoms. The maximum atomic E-state index is 5.62. The van der Waals surface area contributed by atoms with Gasteiger partial charge in [0, 0.05) is 5.75 Å². The van der Waals surface area contributed by atoms with Gasteiger partial charge in [0.25, 0.3) is 0 Å². The lowest BCUT2D eigenvalue weighted by atomic mass is 10.3. The first-order chi connectivity index (χ1) is 4.83. The lowest BCUT2D eigenvalue weighted by Gasteiger charge is -2.13. The third kappa shape index (κ3) is 2.35. The molecule has 0 saturated carbocycles. The van der Waals surface area contributed by atoms with Crippen molar-refractivity contribution >= 4 is 11.8 Å². The first-order valence-electron chi connectivity index (χ1n) is 3.68. The molecule has 0 aromatic heterocycles. The smallest absolute Gasteiger partial charge is 0.0729 e. The zero-order valence-electron chi connectivity index (χ0n) is 6.38. The molecule has 1 aliphatic rings. The third-order valence-corrected chi connectivity index (χ3v) is 2.76. The average molecular weight is 158 g/mol. The number of hydrogen-bond donors (Lipinski definition) is 0. The van der Waals surface area contributed by atoms with E-state index in [9.17, 15) is 0 Å². The van der Waals surface area contributed by atoms with Gasteiger partial charge in [0.15, 0.2) is 0 Å². The van der Waals surface area contributed by atoms with Crippen molar-refractivity contribution in [3.8, 4) is 0 Å². The van der Waals surface area contributed by atoms with Crippen LogP contribution in [-0.2, 0) is 4.74 Å². The number of thioether (sulfide) groups is 1. The second-order valence-electron chi connectivity index (χ2n) is 2.56. The van der Waals surface area contributed by atoms with Crippen molar-refractivity contribution < 1.29 is 4.74 Å². The molecule has 2 heteroatoms. The molecule has 0 spiro atoms. The first-order valence-corrected chi connectivity index (χ1v) is 4.84. The van der Waals surface area contributed by atoms with Gasteiger partial charge < -0.3 is 4.74 Å². The summed E-state index contributed by atoms with van der Waals surface area (Å²) in [7, 11) is 0. The predicted molar refractivity (Wildman–Crippen MR) is 46.5 cm³/mol. The fraction of sp³-hybridized carbons (Fsp3) is 0.750. The van der Waals surface area contributed by atoms with E-state index in [0.717, 1.165) is 5.75 Å². The summed E-state index contributed by atoms with van der Waals surface area (Å²) in [6, 6.07) is 0. The third-order valence-electron chi connectivity index (χ3n) is 1.63. The highest BCUT2D eigenvalue weighted by Crippen LogP contribution is 2.21. The van der Waals surface area contributed by atoms with Crippen molar-refractivity contribution in [3.63, 3.8) is 0 Å². The summed E-state index contributed by atoms with van der Waals surface area (Å²) in [6.07, 6.45) is 3.77. The van der Waals surface area contributed by atoms with Crippen LogP contribution in [0.25, 0.3) is 0 Å². The fourth-order valence-corrected chi connectivity index (χ4v) is 2.08. The van der Waals surface area contributed by atoms with Crippen molar-refractivity contribution in [2.75, 3.05) is 11.5 Å². The largest absolute Gasteiger partial charge is 0.370 e. The molecule has 58 valence electrons. The van der Waals surface area contributed by atoms with E-state index in [1.54, 1.807) is 0 Å². The van der Waals surface area contributed by atoms with Crippen molar-refractivity contribution in [2.24, 2.45) is 0 Å². The quantitative estimate of drug-likeness (QED) is 0.582. The number of ether oxygens (including phenoxy) is 1. The van der Waals surface area contributed by atoms with E-state index >= 15 is 0 Å². The SMILES string of the molecule is C=CC(C)OC1CCSC1. The lowest BCUT2D eigenvalue weighted by Crippen LogP contribution is -2.17. The van der Waals surface area contributed by atoms with E-state index in [-0.39, 0.29) is 6.10 Å². The van der Waals surface area contributed by atoms with Gasteiger partial charge in [-0.15, -0.1) is 6.58 Å². The van der Waals surface area contributed by atoms with Gasteiger partial charge in [0.05, 0.1) is 12.2 Å². The molecule has 1 heterocycles. The van der Waals surface area contributed by atoms with Crippen molar-refractivity contribution in [1.29, 1.82) is 0 Å². The van der Waals surface area contributed by atoms with Crippen LogP contribution in [0.2, 0.25) is 0 Å². The van der Waals surface area contributed by atoms with Gasteiger partial charge in [-0.2, -0.15) is 11.8 Å². The van der Waals surface area contributed by atoms with Gasteiger partial charge in [-0.1, -0.05) is 6.08 Å². The molecule has 0 aromatic carbocycles. The lowest BCUT2D eigenvalue weighted by molar-refractivity contribution is 0.0395. The molecule has 1 aliphatic heterocycles. The highest BCUT2D eigenvalue weighted by molar-refractivity contribution is 7.99. The molecule has 0 radical (unpaired) electrons. The van der Waals surface area contributed by atoms with E-state index in [0.29, 0.717) is 6.10 Å². The molecule has 1 saturated heterocycles. The fourth-order valence-electron chi connectivity index (χ4n) is 0.979. The topological polar surface area (TPSA) is 9.23 Å². The van der Waals surface area contributed by atoms with Crippen LogP contribution in [0.1, 0.15) is 13.3 Å². The summed E-state index contributed by atoms with van der Waals surface area (Å²) in [6.45, 7) is 5.71. The number of rotatable bonds is 3. The van der Waals surface area contributed by atoms with Crippen molar-refractivity contribution in [2.45, 2.75) is 25.6 Å². The van der Waals surface area contributed by atoms with Gasteiger partial charge in [0.1, 0.15) is 0 Å².